The molecule has 2 aromatic carbocycles. The van der Waals surface area contributed by atoms with E-state index in [1.165, 1.54) is 5.56 Å². The molecule has 0 radical (unpaired) electrons. The number of rotatable bonds is 7. The SMILES string of the molecule is CCOc1ccc(/C=N/OCC(=O)N2c3ccccc3CCC2C)cc1OC. The van der Waals surface area contributed by atoms with Gasteiger partial charge in [0, 0.05) is 17.3 Å². The minimum Gasteiger partial charge on any atom is -0.493 e. The van der Waals surface area contributed by atoms with Gasteiger partial charge in [-0.2, -0.15) is 0 Å². The molecule has 0 bridgehead atoms. The molecule has 1 heterocycles. The van der Waals surface area contributed by atoms with Gasteiger partial charge in [-0.25, -0.2) is 0 Å². The van der Waals surface area contributed by atoms with E-state index in [-0.39, 0.29) is 18.6 Å². The summed E-state index contributed by atoms with van der Waals surface area (Å²) in [6.45, 7) is 4.43. The molecule has 6 heteroatoms. The number of benzene rings is 2. The zero-order chi connectivity index (χ0) is 19.9. The Bertz CT molecular complexity index is 850. The van der Waals surface area contributed by atoms with Gasteiger partial charge in [-0.1, -0.05) is 23.4 Å². The summed E-state index contributed by atoms with van der Waals surface area (Å²) < 4.78 is 10.8. The minimum absolute atomic E-state index is 0.0962. The second-order valence-corrected chi connectivity index (χ2v) is 6.63. The normalized spacial score (nSPS) is 16.0. The van der Waals surface area contributed by atoms with Crippen LogP contribution in [0.3, 0.4) is 0 Å². The molecular weight excluding hydrogens is 356 g/mol. The molecule has 0 fully saturated rings. The lowest BCUT2D eigenvalue weighted by Crippen LogP contribution is -2.43. The van der Waals surface area contributed by atoms with Crippen LogP contribution in [0.15, 0.2) is 47.6 Å². The van der Waals surface area contributed by atoms with Crippen LogP contribution in [0, 0.1) is 0 Å². The molecule has 148 valence electrons. The van der Waals surface area contributed by atoms with E-state index in [0.29, 0.717) is 18.1 Å². The molecule has 0 aromatic heterocycles. The number of carbonyl (C=O) groups is 1. The summed E-state index contributed by atoms with van der Waals surface area (Å²) in [5, 5.41) is 3.94. The first-order valence-electron chi connectivity index (χ1n) is 9.50. The van der Waals surface area contributed by atoms with Gasteiger partial charge in [0.1, 0.15) is 0 Å². The third-order valence-corrected chi connectivity index (χ3v) is 4.74. The van der Waals surface area contributed by atoms with Crippen molar-refractivity contribution in [3.05, 3.63) is 53.6 Å². The van der Waals surface area contributed by atoms with Crippen molar-refractivity contribution in [2.75, 3.05) is 25.2 Å². The molecule has 1 atom stereocenters. The number of amides is 1. The molecule has 28 heavy (non-hydrogen) atoms. The lowest BCUT2D eigenvalue weighted by atomic mass is 9.96. The summed E-state index contributed by atoms with van der Waals surface area (Å²) in [6, 6.07) is 13.6. The molecule has 1 unspecified atom stereocenters. The maximum absolute atomic E-state index is 12.7. The molecule has 0 aliphatic carbocycles. The van der Waals surface area contributed by atoms with Crippen LogP contribution in [0.2, 0.25) is 0 Å². The topological polar surface area (TPSA) is 60.4 Å². The van der Waals surface area contributed by atoms with Gasteiger partial charge < -0.3 is 19.2 Å². The summed E-state index contributed by atoms with van der Waals surface area (Å²) in [7, 11) is 1.59. The average molecular weight is 382 g/mol. The number of ether oxygens (including phenoxy) is 2. The maximum Gasteiger partial charge on any atom is 0.268 e. The maximum atomic E-state index is 12.7. The highest BCUT2D eigenvalue weighted by Crippen LogP contribution is 2.30. The van der Waals surface area contributed by atoms with E-state index in [2.05, 4.69) is 18.1 Å². The van der Waals surface area contributed by atoms with Gasteiger partial charge in [0.05, 0.1) is 19.9 Å². The van der Waals surface area contributed by atoms with Crippen molar-refractivity contribution in [2.24, 2.45) is 5.16 Å². The first-order valence-corrected chi connectivity index (χ1v) is 9.50. The third-order valence-electron chi connectivity index (χ3n) is 4.74. The van der Waals surface area contributed by atoms with Crippen molar-refractivity contribution in [1.29, 1.82) is 0 Å². The number of hydrogen-bond donors (Lipinski definition) is 0. The second-order valence-electron chi connectivity index (χ2n) is 6.63. The number of methoxy groups -OCH3 is 1. The van der Waals surface area contributed by atoms with E-state index in [4.69, 9.17) is 14.3 Å². The zero-order valence-electron chi connectivity index (χ0n) is 16.6. The summed E-state index contributed by atoms with van der Waals surface area (Å²) in [6.07, 6.45) is 3.48. The van der Waals surface area contributed by atoms with Gasteiger partial charge in [0.2, 0.25) is 0 Å². The van der Waals surface area contributed by atoms with E-state index in [9.17, 15) is 4.79 Å². The second kappa shape index (κ2) is 9.26. The smallest absolute Gasteiger partial charge is 0.268 e. The minimum atomic E-state index is -0.108. The first-order chi connectivity index (χ1) is 13.6. The van der Waals surface area contributed by atoms with Crippen LogP contribution in [-0.2, 0) is 16.1 Å². The van der Waals surface area contributed by atoms with Gasteiger partial charge >= 0.3 is 0 Å². The van der Waals surface area contributed by atoms with Crippen LogP contribution in [-0.4, -0.2) is 38.5 Å². The van der Waals surface area contributed by atoms with Crippen LogP contribution in [0.4, 0.5) is 5.69 Å². The van der Waals surface area contributed by atoms with Gasteiger partial charge in [-0.3, -0.25) is 4.79 Å². The highest BCUT2D eigenvalue weighted by atomic mass is 16.6. The standard InChI is InChI=1S/C22H26N2O4/c1-4-27-20-12-10-17(13-21(20)26-3)14-23-28-15-22(25)24-16(2)9-11-18-7-5-6-8-19(18)24/h5-8,10,12-14,16H,4,9,11,15H2,1-3H3/b23-14+. The number of anilines is 1. The van der Waals surface area contributed by atoms with Crippen LogP contribution >= 0.6 is 0 Å². The lowest BCUT2D eigenvalue weighted by Gasteiger charge is -2.34. The Morgan fingerprint density at radius 3 is 2.86 bits per heavy atom. The van der Waals surface area contributed by atoms with Gasteiger partial charge in [0.15, 0.2) is 18.1 Å². The molecule has 0 saturated carbocycles. The molecule has 0 spiro atoms. The molecule has 2 aromatic rings. The lowest BCUT2D eigenvalue weighted by molar-refractivity contribution is -0.123. The van der Waals surface area contributed by atoms with Crippen molar-refractivity contribution in [2.45, 2.75) is 32.7 Å². The third kappa shape index (κ3) is 4.44. The van der Waals surface area contributed by atoms with Gasteiger partial charge in [0.25, 0.3) is 5.91 Å². The van der Waals surface area contributed by atoms with Crippen LogP contribution in [0.25, 0.3) is 0 Å². The number of fused-ring (bicyclic) bond motifs is 1. The number of hydrogen-bond acceptors (Lipinski definition) is 5. The highest BCUT2D eigenvalue weighted by Gasteiger charge is 2.28. The van der Waals surface area contributed by atoms with E-state index in [1.54, 1.807) is 13.3 Å². The molecule has 1 aliphatic heterocycles. The number of carbonyl (C=O) groups excluding carboxylic acids is 1. The monoisotopic (exact) mass is 382 g/mol. The van der Waals surface area contributed by atoms with Crippen LogP contribution in [0.5, 0.6) is 11.5 Å². The van der Waals surface area contributed by atoms with Crippen LogP contribution in [0.1, 0.15) is 31.4 Å². The van der Waals surface area contributed by atoms with E-state index in [1.807, 2.05) is 48.2 Å². The predicted molar refractivity (Wildman–Crippen MR) is 109 cm³/mol. The highest BCUT2D eigenvalue weighted by molar-refractivity contribution is 5.96. The summed E-state index contributed by atoms with van der Waals surface area (Å²) in [5.74, 6) is 1.21. The number of nitrogens with zero attached hydrogens (tertiary/aromatic N) is 2. The Morgan fingerprint density at radius 1 is 1.25 bits per heavy atom. The van der Waals surface area contributed by atoms with E-state index in [0.717, 1.165) is 24.1 Å². The Balaban J connectivity index is 1.61. The molecule has 3 rings (SSSR count). The van der Waals surface area contributed by atoms with Crippen molar-refractivity contribution in [3.8, 4) is 11.5 Å². The molecule has 1 amide bonds. The Hall–Kier alpha value is -3.02. The van der Waals surface area contributed by atoms with Gasteiger partial charge in [-0.05, 0) is 56.5 Å². The van der Waals surface area contributed by atoms with E-state index < -0.39 is 0 Å². The molecular formula is C22H26N2O4. The van der Waals surface area contributed by atoms with Crippen LogP contribution < -0.4 is 14.4 Å². The summed E-state index contributed by atoms with van der Waals surface area (Å²) in [4.78, 5) is 19.8. The molecule has 6 nitrogen and oxygen atoms in total. The summed E-state index contributed by atoms with van der Waals surface area (Å²) in [5.41, 5.74) is 2.96. The average Bonchev–Trinajstić information content (AvgIpc) is 2.72. The molecule has 0 saturated heterocycles. The Labute approximate surface area is 165 Å². The largest absolute Gasteiger partial charge is 0.493 e. The Kier molecular flexibility index (Phi) is 6.53. The predicted octanol–water partition coefficient (Wildman–Crippen LogP) is 3.81. The first kappa shape index (κ1) is 19.7. The Morgan fingerprint density at radius 2 is 2.07 bits per heavy atom. The van der Waals surface area contributed by atoms with Crippen molar-refractivity contribution in [3.63, 3.8) is 0 Å². The van der Waals surface area contributed by atoms with Gasteiger partial charge in [-0.15, -0.1) is 0 Å². The quantitative estimate of drug-likeness (QED) is 0.540. The molecule has 1 aliphatic rings. The fourth-order valence-corrected chi connectivity index (χ4v) is 3.37. The number of para-hydroxylation sites is 1. The number of oxime groups is 1. The number of aryl methyl sites for hydroxylation is 1. The summed E-state index contributed by atoms with van der Waals surface area (Å²) >= 11 is 0. The molecule has 0 N–H and O–H groups in total. The van der Waals surface area contributed by atoms with Crippen molar-refractivity contribution >= 4 is 17.8 Å². The van der Waals surface area contributed by atoms with Crippen molar-refractivity contribution in [1.82, 2.24) is 0 Å². The zero-order valence-corrected chi connectivity index (χ0v) is 16.6. The van der Waals surface area contributed by atoms with E-state index >= 15 is 0 Å². The van der Waals surface area contributed by atoms with Crippen molar-refractivity contribution < 1.29 is 19.1 Å². The fraction of sp³-hybridized carbons (Fsp3) is 0.364. The fourth-order valence-electron chi connectivity index (χ4n) is 3.37.